The van der Waals surface area contributed by atoms with E-state index in [4.69, 9.17) is 4.42 Å². The monoisotopic (exact) mass is 509 g/mol. The van der Waals surface area contributed by atoms with Crippen molar-refractivity contribution in [3.63, 3.8) is 0 Å². The van der Waals surface area contributed by atoms with E-state index in [0.29, 0.717) is 5.70 Å². The van der Waals surface area contributed by atoms with Gasteiger partial charge in [0.1, 0.15) is 0 Å². The van der Waals surface area contributed by atoms with E-state index in [2.05, 4.69) is 36.7 Å². The molecular formula is C20H21F6N5O4. The molecule has 0 aliphatic heterocycles. The molecule has 2 aromatic heterocycles. The van der Waals surface area contributed by atoms with Gasteiger partial charge in [-0.15, -0.1) is 36.5 Å². The molecular weight excluding hydrogens is 488 g/mol. The molecule has 0 spiro atoms. The molecule has 192 valence electrons. The fourth-order valence-electron chi connectivity index (χ4n) is 3.83. The lowest BCUT2D eigenvalue weighted by molar-refractivity contribution is -0.354. The highest BCUT2D eigenvalue weighted by Gasteiger charge is 2.43. The zero-order valence-electron chi connectivity index (χ0n) is 18.1. The van der Waals surface area contributed by atoms with Gasteiger partial charge in [-0.1, -0.05) is 6.58 Å². The van der Waals surface area contributed by atoms with Gasteiger partial charge < -0.3 is 9.73 Å². The molecule has 0 radical (unpaired) electrons. The molecule has 2 aliphatic carbocycles. The van der Waals surface area contributed by atoms with E-state index in [1.54, 1.807) is 0 Å². The summed E-state index contributed by atoms with van der Waals surface area (Å²) in [7, 11) is 0. The van der Waals surface area contributed by atoms with Crippen LogP contribution in [0.5, 0.6) is 0 Å². The fraction of sp³-hybridized carbons (Fsp3) is 0.600. The van der Waals surface area contributed by atoms with E-state index in [0.717, 1.165) is 0 Å². The summed E-state index contributed by atoms with van der Waals surface area (Å²) in [4.78, 5) is 12.4. The van der Waals surface area contributed by atoms with E-state index in [9.17, 15) is 31.1 Å². The molecule has 0 unspecified atom stereocenters. The number of carbonyl (C=O) groups is 1. The SMILES string of the molecule is C=C(CCc1nnc(C2CC(OC(F)(F)F)C2)o1)NC(=O)c1ccn(C2CC(OC(F)(F)F)C2)n1. The van der Waals surface area contributed by atoms with Crippen LogP contribution in [0.3, 0.4) is 0 Å². The molecule has 0 aromatic carbocycles. The van der Waals surface area contributed by atoms with E-state index in [1.165, 1.54) is 16.9 Å². The lowest BCUT2D eigenvalue weighted by Gasteiger charge is -2.35. The summed E-state index contributed by atoms with van der Waals surface area (Å²) in [5.41, 5.74) is 0.418. The first kappa shape index (κ1) is 25.2. The Morgan fingerprint density at radius 1 is 1.09 bits per heavy atom. The van der Waals surface area contributed by atoms with Crippen LogP contribution in [0.15, 0.2) is 29.0 Å². The zero-order valence-corrected chi connectivity index (χ0v) is 18.1. The van der Waals surface area contributed by atoms with Gasteiger partial charge in [0.15, 0.2) is 5.69 Å². The third-order valence-corrected chi connectivity index (χ3v) is 5.74. The predicted molar refractivity (Wildman–Crippen MR) is 104 cm³/mol. The minimum absolute atomic E-state index is 0.0760. The first-order chi connectivity index (χ1) is 16.3. The number of hydrogen-bond donors (Lipinski definition) is 1. The number of hydrogen-bond acceptors (Lipinski definition) is 7. The smallest absolute Gasteiger partial charge is 0.425 e. The molecule has 1 N–H and O–H groups in total. The quantitative estimate of drug-likeness (QED) is 0.506. The van der Waals surface area contributed by atoms with Crippen molar-refractivity contribution in [3.05, 3.63) is 42.0 Å². The van der Waals surface area contributed by atoms with Crippen molar-refractivity contribution < 1.29 is 45.0 Å². The minimum atomic E-state index is -4.68. The largest absolute Gasteiger partial charge is 0.522 e. The minimum Gasteiger partial charge on any atom is -0.425 e. The normalized spacial score (nSPS) is 24.5. The van der Waals surface area contributed by atoms with E-state index >= 15 is 0 Å². The van der Waals surface area contributed by atoms with Crippen molar-refractivity contribution in [2.45, 2.75) is 75.4 Å². The molecule has 2 fully saturated rings. The summed E-state index contributed by atoms with van der Waals surface area (Å²) in [5.74, 6) is -0.346. The Labute approximate surface area is 194 Å². The van der Waals surface area contributed by atoms with Crippen molar-refractivity contribution in [3.8, 4) is 0 Å². The molecule has 15 heteroatoms. The van der Waals surface area contributed by atoms with Gasteiger partial charge in [-0.05, 0) is 38.2 Å². The highest BCUT2D eigenvalue weighted by molar-refractivity contribution is 5.93. The van der Waals surface area contributed by atoms with Crippen LogP contribution in [-0.2, 0) is 15.9 Å². The topological polar surface area (TPSA) is 104 Å². The number of aromatic nitrogens is 4. The molecule has 1 amide bonds. The Hall–Kier alpha value is -2.94. The molecule has 2 saturated carbocycles. The molecule has 2 aromatic rings. The van der Waals surface area contributed by atoms with Gasteiger partial charge in [-0.3, -0.25) is 19.0 Å². The number of alkyl halides is 6. The molecule has 0 bridgehead atoms. The molecule has 0 saturated heterocycles. The van der Waals surface area contributed by atoms with Gasteiger partial charge >= 0.3 is 12.7 Å². The summed E-state index contributed by atoms with van der Waals surface area (Å²) >= 11 is 0. The van der Waals surface area contributed by atoms with Gasteiger partial charge in [-0.25, -0.2) is 0 Å². The molecule has 2 heterocycles. The maximum absolute atomic E-state index is 12.4. The van der Waals surface area contributed by atoms with Crippen LogP contribution in [-0.4, -0.2) is 50.8 Å². The number of halogens is 6. The van der Waals surface area contributed by atoms with E-state index < -0.39 is 30.8 Å². The number of carbonyl (C=O) groups excluding carboxylic acids is 1. The Bertz CT molecular complexity index is 1050. The number of allylic oxidation sites excluding steroid dienone is 1. The summed E-state index contributed by atoms with van der Waals surface area (Å²) in [5, 5.41) is 14.4. The molecule has 2 aliphatic rings. The molecule has 35 heavy (non-hydrogen) atoms. The average Bonchev–Trinajstić information content (AvgIpc) is 3.33. The molecule has 0 atom stereocenters. The number of nitrogens with one attached hydrogen (secondary N) is 1. The highest BCUT2D eigenvalue weighted by Crippen LogP contribution is 2.41. The average molecular weight is 509 g/mol. The summed E-state index contributed by atoms with van der Waals surface area (Å²) < 4.78 is 88.1. The third-order valence-electron chi connectivity index (χ3n) is 5.74. The number of nitrogens with zero attached hydrogens (tertiary/aromatic N) is 4. The van der Waals surface area contributed by atoms with Crippen LogP contribution in [0.25, 0.3) is 0 Å². The second-order valence-electron chi connectivity index (χ2n) is 8.44. The van der Waals surface area contributed by atoms with E-state index in [1.807, 2.05) is 0 Å². The Kier molecular flexibility index (Phi) is 6.90. The van der Waals surface area contributed by atoms with Gasteiger partial charge in [0.2, 0.25) is 11.8 Å². The number of rotatable bonds is 9. The van der Waals surface area contributed by atoms with Crippen LogP contribution in [0.1, 0.15) is 66.3 Å². The molecule has 4 rings (SSSR count). The third kappa shape index (κ3) is 6.81. The van der Waals surface area contributed by atoms with Crippen molar-refractivity contribution in [2.75, 3.05) is 0 Å². The maximum Gasteiger partial charge on any atom is 0.522 e. The Morgan fingerprint density at radius 3 is 2.34 bits per heavy atom. The predicted octanol–water partition coefficient (Wildman–Crippen LogP) is 4.16. The lowest BCUT2D eigenvalue weighted by atomic mass is 9.82. The first-order valence-corrected chi connectivity index (χ1v) is 10.7. The summed E-state index contributed by atoms with van der Waals surface area (Å²) in [6, 6.07) is 1.16. The summed E-state index contributed by atoms with van der Waals surface area (Å²) in [6.45, 7) is 3.76. The second-order valence-corrected chi connectivity index (χ2v) is 8.44. The van der Waals surface area contributed by atoms with Crippen LogP contribution in [0, 0.1) is 0 Å². The van der Waals surface area contributed by atoms with Crippen molar-refractivity contribution >= 4 is 5.91 Å². The van der Waals surface area contributed by atoms with Crippen molar-refractivity contribution in [1.29, 1.82) is 0 Å². The number of amides is 1. The van der Waals surface area contributed by atoms with Crippen LogP contribution >= 0.6 is 0 Å². The van der Waals surface area contributed by atoms with Crippen molar-refractivity contribution in [2.24, 2.45) is 0 Å². The zero-order chi connectivity index (χ0) is 25.4. The van der Waals surface area contributed by atoms with Gasteiger partial charge in [0.25, 0.3) is 5.91 Å². The standard InChI is InChI=1S/C20H21F6N5O4/c1-10(2-3-16-28-29-18(33-16)11-6-13(7-11)34-19(21,22)23)27-17(32)15-4-5-31(30-15)12-8-14(9-12)35-20(24,25)26/h4-5,11-14H,1-3,6-9H2,(H,27,32). The summed E-state index contributed by atoms with van der Waals surface area (Å²) in [6.07, 6.45) is -8.65. The second kappa shape index (κ2) is 9.60. The van der Waals surface area contributed by atoms with Gasteiger partial charge in [0, 0.05) is 24.2 Å². The fourth-order valence-corrected chi connectivity index (χ4v) is 3.83. The van der Waals surface area contributed by atoms with Gasteiger partial charge in [0.05, 0.1) is 18.2 Å². The maximum atomic E-state index is 12.4. The Morgan fingerprint density at radius 2 is 1.71 bits per heavy atom. The lowest BCUT2D eigenvalue weighted by Crippen LogP contribution is -2.37. The van der Waals surface area contributed by atoms with E-state index in [-0.39, 0.29) is 68.0 Å². The first-order valence-electron chi connectivity index (χ1n) is 10.7. The van der Waals surface area contributed by atoms with Crippen LogP contribution in [0.2, 0.25) is 0 Å². The molecule has 9 nitrogen and oxygen atoms in total. The van der Waals surface area contributed by atoms with Crippen LogP contribution in [0.4, 0.5) is 26.3 Å². The number of ether oxygens (including phenoxy) is 2. The Balaban J connectivity index is 1.17. The number of aryl methyl sites for hydroxylation is 1. The van der Waals surface area contributed by atoms with Crippen LogP contribution < -0.4 is 5.32 Å². The van der Waals surface area contributed by atoms with Gasteiger partial charge in [-0.2, -0.15) is 5.10 Å². The highest BCUT2D eigenvalue weighted by atomic mass is 19.4. The van der Waals surface area contributed by atoms with Crippen molar-refractivity contribution in [1.82, 2.24) is 25.3 Å².